The Hall–Kier alpha value is -3.74. The number of rotatable bonds is 9. The molecular formula is C32H36N2O4. The van der Waals surface area contributed by atoms with Crippen LogP contribution in [0.2, 0.25) is 0 Å². The maximum absolute atomic E-state index is 12.2. The van der Waals surface area contributed by atoms with Crippen molar-refractivity contribution in [3.8, 4) is 33.8 Å². The van der Waals surface area contributed by atoms with Crippen LogP contribution in [0.1, 0.15) is 37.5 Å². The van der Waals surface area contributed by atoms with Crippen molar-refractivity contribution in [2.45, 2.75) is 46.4 Å². The Morgan fingerprint density at radius 1 is 0.974 bits per heavy atom. The molecule has 38 heavy (non-hydrogen) atoms. The minimum Gasteiger partial charge on any atom is -0.459 e. The molecule has 0 fully saturated rings. The van der Waals surface area contributed by atoms with Crippen molar-refractivity contribution < 1.29 is 18.7 Å². The molecule has 6 nitrogen and oxygen atoms in total. The van der Waals surface area contributed by atoms with Crippen molar-refractivity contribution >= 4 is 5.97 Å². The van der Waals surface area contributed by atoms with Crippen molar-refractivity contribution in [2.75, 3.05) is 20.7 Å². The van der Waals surface area contributed by atoms with E-state index in [2.05, 4.69) is 43.3 Å². The molecule has 1 heterocycles. The van der Waals surface area contributed by atoms with Gasteiger partial charge in [-0.15, -0.1) is 0 Å². The number of carbonyl (C=O) groups is 1. The Morgan fingerprint density at radius 3 is 2.50 bits per heavy atom. The van der Waals surface area contributed by atoms with Gasteiger partial charge in [0, 0.05) is 24.8 Å². The molecule has 4 aromatic rings. The number of ether oxygens (including phenoxy) is 2. The highest BCUT2D eigenvalue weighted by Crippen LogP contribution is 2.32. The third kappa shape index (κ3) is 6.97. The number of oxazole rings is 1. The van der Waals surface area contributed by atoms with E-state index >= 15 is 0 Å². The Kier molecular flexibility index (Phi) is 8.45. The molecular weight excluding hydrogens is 476 g/mol. The first kappa shape index (κ1) is 27.3. The SMILES string of the molecule is COCc1cc(-c2nc(-c3cccc(CN(C)CC(=O)OC(C)(C)C)c3)co2)ccc1-c1ccccc1C. The molecule has 0 saturated carbocycles. The van der Waals surface area contributed by atoms with Crippen LogP contribution in [-0.2, 0) is 27.4 Å². The van der Waals surface area contributed by atoms with E-state index in [4.69, 9.17) is 18.9 Å². The van der Waals surface area contributed by atoms with Gasteiger partial charge < -0.3 is 13.9 Å². The highest BCUT2D eigenvalue weighted by Gasteiger charge is 2.18. The lowest BCUT2D eigenvalue weighted by Gasteiger charge is -2.22. The van der Waals surface area contributed by atoms with Gasteiger partial charge in [-0.2, -0.15) is 0 Å². The lowest BCUT2D eigenvalue weighted by atomic mass is 9.94. The number of aromatic nitrogens is 1. The zero-order valence-electron chi connectivity index (χ0n) is 23.1. The Bertz CT molecular complexity index is 1400. The normalized spacial score (nSPS) is 11.7. The topological polar surface area (TPSA) is 64.8 Å². The molecule has 198 valence electrons. The molecule has 0 N–H and O–H groups in total. The second-order valence-electron chi connectivity index (χ2n) is 10.6. The van der Waals surface area contributed by atoms with Gasteiger partial charge in [-0.05, 0) is 80.8 Å². The zero-order chi connectivity index (χ0) is 27.3. The van der Waals surface area contributed by atoms with Gasteiger partial charge in [-0.3, -0.25) is 9.69 Å². The van der Waals surface area contributed by atoms with Crippen molar-refractivity contribution in [1.29, 1.82) is 0 Å². The van der Waals surface area contributed by atoms with Gasteiger partial charge in [0.15, 0.2) is 0 Å². The number of benzene rings is 3. The van der Waals surface area contributed by atoms with Crippen LogP contribution in [-0.4, -0.2) is 42.2 Å². The molecule has 0 radical (unpaired) electrons. The second-order valence-corrected chi connectivity index (χ2v) is 10.6. The van der Waals surface area contributed by atoms with E-state index in [9.17, 15) is 4.79 Å². The van der Waals surface area contributed by atoms with E-state index in [1.807, 2.05) is 63.1 Å². The fourth-order valence-electron chi connectivity index (χ4n) is 4.47. The van der Waals surface area contributed by atoms with Crippen LogP contribution in [0.3, 0.4) is 0 Å². The number of hydrogen-bond donors (Lipinski definition) is 0. The number of carbonyl (C=O) groups excluding carboxylic acids is 1. The summed E-state index contributed by atoms with van der Waals surface area (Å²) in [5.41, 5.74) is 7.81. The average molecular weight is 513 g/mol. The van der Waals surface area contributed by atoms with Gasteiger partial charge >= 0.3 is 5.97 Å². The zero-order valence-corrected chi connectivity index (χ0v) is 23.1. The first-order valence-electron chi connectivity index (χ1n) is 12.8. The van der Waals surface area contributed by atoms with E-state index in [-0.39, 0.29) is 12.5 Å². The van der Waals surface area contributed by atoms with Crippen LogP contribution in [0, 0.1) is 6.92 Å². The molecule has 1 aromatic heterocycles. The summed E-state index contributed by atoms with van der Waals surface area (Å²) in [5.74, 6) is 0.319. The summed E-state index contributed by atoms with van der Waals surface area (Å²) < 4.78 is 16.8. The summed E-state index contributed by atoms with van der Waals surface area (Å²) in [7, 11) is 3.61. The number of esters is 1. The van der Waals surface area contributed by atoms with Crippen molar-refractivity contribution in [3.05, 3.63) is 89.7 Å². The predicted octanol–water partition coefficient (Wildman–Crippen LogP) is 6.90. The molecule has 4 rings (SSSR count). The van der Waals surface area contributed by atoms with Gasteiger partial charge in [0.25, 0.3) is 0 Å². The van der Waals surface area contributed by atoms with Crippen LogP contribution >= 0.6 is 0 Å². The molecule has 0 aliphatic rings. The van der Waals surface area contributed by atoms with Gasteiger partial charge in [0.1, 0.15) is 17.6 Å². The highest BCUT2D eigenvalue weighted by atomic mass is 16.6. The average Bonchev–Trinajstić information content (AvgIpc) is 3.34. The Morgan fingerprint density at radius 2 is 1.76 bits per heavy atom. The lowest BCUT2D eigenvalue weighted by Crippen LogP contribution is -2.32. The summed E-state index contributed by atoms with van der Waals surface area (Å²) in [5, 5.41) is 0. The third-order valence-electron chi connectivity index (χ3n) is 6.09. The molecule has 0 aliphatic carbocycles. The first-order valence-corrected chi connectivity index (χ1v) is 12.8. The number of likely N-dealkylation sites (N-methyl/N-ethyl adjacent to an activating group) is 1. The number of hydrogen-bond acceptors (Lipinski definition) is 6. The Labute approximate surface area is 225 Å². The molecule has 0 saturated heterocycles. The fraction of sp³-hybridized carbons (Fsp3) is 0.312. The standard InChI is InChI=1S/C32H36N2O4/c1-22-10-7-8-13-27(22)28-15-14-25(17-26(28)20-36-6)31-33-29(21-37-31)24-12-9-11-23(16-24)18-34(5)19-30(35)38-32(2,3)4/h7-17,21H,18-20H2,1-6H3. The first-order chi connectivity index (χ1) is 18.1. The highest BCUT2D eigenvalue weighted by molar-refractivity contribution is 5.74. The van der Waals surface area contributed by atoms with Crippen LogP contribution < -0.4 is 0 Å². The number of methoxy groups -OCH3 is 1. The van der Waals surface area contributed by atoms with Crippen molar-refractivity contribution in [2.24, 2.45) is 0 Å². The number of aryl methyl sites for hydroxylation is 1. The molecule has 0 aliphatic heterocycles. The molecule has 0 amide bonds. The smallest absolute Gasteiger partial charge is 0.320 e. The Balaban J connectivity index is 1.52. The maximum atomic E-state index is 12.2. The van der Waals surface area contributed by atoms with E-state index in [0.717, 1.165) is 33.5 Å². The van der Waals surface area contributed by atoms with E-state index < -0.39 is 5.60 Å². The summed E-state index contributed by atoms with van der Waals surface area (Å²) >= 11 is 0. The molecule has 3 aromatic carbocycles. The monoisotopic (exact) mass is 512 g/mol. The van der Waals surface area contributed by atoms with Crippen LogP contribution in [0.5, 0.6) is 0 Å². The van der Waals surface area contributed by atoms with Crippen molar-refractivity contribution in [3.63, 3.8) is 0 Å². The maximum Gasteiger partial charge on any atom is 0.320 e. The van der Waals surface area contributed by atoms with Crippen LogP contribution in [0.25, 0.3) is 33.8 Å². The minimum atomic E-state index is -0.492. The van der Waals surface area contributed by atoms with E-state index in [1.165, 1.54) is 11.1 Å². The van der Waals surface area contributed by atoms with E-state index in [1.54, 1.807) is 13.4 Å². The van der Waals surface area contributed by atoms with Crippen LogP contribution in [0.15, 0.2) is 77.4 Å². The molecule has 0 bridgehead atoms. The number of nitrogens with zero attached hydrogens (tertiary/aromatic N) is 2. The van der Waals surface area contributed by atoms with Gasteiger partial charge in [0.05, 0.1) is 13.2 Å². The molecule has 0 spiro atoms. The van der Waals surface area contributed by atoms with Crippen LogP contribution in [0.4, 0.5) is 0 Å². The van der Waals surface area contributed by atoms with E-state index in [0.29, 0.717) is 19.0 Å². The lowest BCUT2D eigenvalue weighted by molar-refractivity contribution is -0.155. The molecule has 0 unspecified atom stereocenters. The van der Waals surface area contributed by atoms with Gasteiger partial charge in [-0.1, -0.05) is 48.5 Å². The minimum absolute atomic E-state index is 0.220. The summed E-state index contributed by atoms with van der Waals surface area (Å²) in [6.45, 7) is 9.05. The second kappa shape index (κ2) is 11.8. The predicted molar refractivity (Wildman–Crippen MR) is 150 cm³/mol. The third-order valence-corrected chi connectivity index (χ3v) is 6.09. The quantitative estimate of drug-likeness (QED) is 0.227. The van der Waals surface area contributed by atoms with Gasteiger partial charge in [0.2, 0.25) is 5.89 Å². The summed E-state index contributed by atoms with van der Waals surface area (Å²) in [4.78, 5) is 18.9. The largest absolute Gasteiger partial charge is 0.459 e. The molecule has 0 atom stereocenters. The fourth-order valence-corrected chi connectivity index (χ4v) is 4.47. The summed E-state index contributed by atoms with van der Waals surface area (Å²) in [6, 6.07) is 22.7. The van der Waals surface area contributed by atoms with Gasteiger partial charge in [-0.25, -0.2) is 4.98 Å². The van der Waals surface area contributed by atoms with Crippen molar-refractivity contribution in [1.82, 2.24) is 9.88 Å². The summed E-state index contributed by atoms with van der Waals surface area (Å²) in [6.07, 6.45) is 1.68. The molecule has 6 heteroatoms.